The van der Waals surface area contributed by atoms with E-state index >= 15 is 0 Å². The largest absolute Gasteiger partial charge is 0.375 e. The summed E-state index contributed by atoms with van der Waals surface area (Å²) in [5.74, 6) is 0. The normalized spacial score (nSPS) is 21.2. The molecule has 0 aromatic rings. The van der Waals surface area contributed by atoms with E-state index in [9.17, 15) is 0 Å². The van der Waals surface area contributed by atoms with E-state index in [0.29, 0.717) is 12.7 Å². The Morgan fingerprint density at radius 1 is 1.12 bits per heavy atom. The van der Waals surface area contributed by atoms with Crippen LogP contribution in [0, 0.1) is 0 Å². The van der Waals surface area contributed by atoms with Crippen molar-refractivity contribution in [3.8, 4) is 0 Å². The highest BCUT2D eigenvalue weighted by Gasteiger charge is 2.27. The van der Waals surface area contributed by atoms with E-state index in [1.165, 1.54) is 0 Å². The fourth-order valence-corrected chi connectivity index (χ4v) is 1.23. The summed E-state index contributed by atoms with van der Waals surface area (Å²) in [6, 6.07) is 0. The lowest BCUT2D eigenvalue weighted by atomic mass is 10.0. The first-order valence-corrected chi connectivity index (χ1v) is 6.24. The van der Waals surface area contributed by atoms with Crippen LogP contribution < -0.4 is 0 Å². The van der Waals surface area contributed by atoms with Gasteiger partial charge < -0.3 is 14.2 Å². The van der Waals surface area contributed by atoms with Gasteiger partial charge in [0, 0.05) is 0 Å². The number of ether oxygens (including phenoxy) is 3. The van der Waals surface area contributed by atoms with Gasteiger partial charge in [-0.05, 0) is 40.5 Å². The van der Waals surface area contributed by atoms with Crippen molar-refractivity contribution in [2.75, 3.05) is 19.8 Å². The summed E-state index contributed by atoms with van der Waals surface area (Å²) < 4.78 is 16.7. The average Bonchev–Trinajstić information content (AvgIpc) is 2.98. The molecular weight excluding hydrogens is 204 g/mol. The molecule has 1 aliphatic heterocycles. The summed E-state index contributed by atoms with van der Waals surface area (Å²) in [4.78, 5) is 0. The number of epoxide rings is 1. The zero-order chi connectivity index (χ0) is 12.2. The Balaban J connectivity index is 2.13. The molecule has 0 amide bonds. The molecule has 0 aliphatic carbocycles. The van der Waals surface area contributed by atoms with E-state index in [0.717, 1.165) is 26.1 Å². The number of hydrogen-bond donors (Lipinski definition) is 0. The molecule has 3 nitrogen and oxygen atoms in total. The Bertz CT molecular complexity index is 207. The van der Waals surface area contributed by atoms with E-state index in [2.05, 4.69) is 34.6 Å². The molecule has 0 aromatic carbocycles. The first-order chi connectivity index (χ1) is 7.35. The Morgan fingerprint density at radius 3 is 2.25 bits per heavy atom. The number of hydrogen-bond acceptors (Lipinski definition) is 3. The van der Waals surface area contributed by atoms with Crippen LogP contribution in [-0.2, 0) is 14.2 Å². The van der Waals surface area contributed by atoms with Gasteiger partial charge in [-0.2, -0.15) is 0 Å². The summed E-state index contributed by atoms with van der Waals surface area (Å²) in [6.07, 6.45) is 2.29. The third-order valence-electron chi connectivity index (χ3n) is 3.11. The SMILES string of the molecule is CCC(C)(C)OCCC(C)(C)OCC1CO1. The zero-order valence-electron chi connectivity index (χ0n) is 11.3. The van der Waals surface area contributed by atoms with Gasteiger partial charge in [0.05, 0.1) is 31.0 Å². The van der Waals surface area contributed by atoms with Crippen LogP contribution in [-0.4, -0.2) is 37.1 Å². The molecule has 1 fully saturated rings. The van der Waals surface area contributed by atoms with Crippen LogP contribution in [0.25, 0.3) is 0 Å². The molecule has 1 saturated heterocycles. The standard InChI is InChI=1S/C13H26O3/c1-6-12(2,3)15-8-7-13(4,5)16-10-11-9-14-11/h11H,6-10H2,1-5H3. The van der Waals surface area contributed by atoms with Crippen LogP contribution in [0.4, 0.5) is 0 Å². The molecule has 3 heteroatoms. The molecule has 16 heavy (non-hydrogen) atoms. The Hall–Kier alpha value is -0.120. The molecular formula is C13H26O3. The molecule has 0 aromatic heterocycles. The highest BCUT2D eigenvalue weighted by Crippen LogP contribution is 2.21. The van der Waals surface area contributed by atoms with Crippen LogP contribution in [0.5, 0.6) is 0 Å². The minimum Gasteiger partial charge on any atom is -0.375 e. The lowest BCUT2D eigenvalue weighted by Crippen LogP contribution is -2.31. The minimum absolute atomic E-state index is 0.0182. The molecule has 1 unspecified atom stereocenters. The van der Waals surface area contributed by atoms with Crippen molar-refractivity contribution in [1.29, 1.82) is 0 Å². The fourth-order valence-electron chi connectivity index (χ4n) is 1.23. The summed E-state index contributed by atoms with van der Waals surface area (Å²) >= 11 is 0. The van der Waals surface area contributed by atoms with Crippen molar-refractivity contribution >= 4 is 0 Å². The van der Waals surface area contributed by atoms with Crippen molar-refractivity contribution in [3.63, 3.8) is 0 Å². The molecule has 1 aliphatic rings. The maximum Gasteiger partial charge on any atom is 0.104 e. The van der Waals surface area contributed by atoms with Gasteiger partial charge in [0.25, 0.3) is 0 Å². The maximum atomic E-state index is 5.83. The minimum atomic E-state index is -0.115. The van der Waals surface area contributed by atoms with Crippen LogP contribution in [0.3, 0.4) is 0 Å². The first kappa shape index (κ1) is 13.9. The second-order valence-corrected chi connectivity index (χ2v) is 5.74. The molecule has 0 N–H and O–H groups in total. The predicted molar refractivity (Wildman–Crippen MR) is 64.7 cm³/mol. The van der Waals surface area contributed by atoms with E-state index < -0.39 is 0 Å². The summed E-state index contributed by atoms with van der Waals surface area (Å²) in [7, 11) is 0. The van der Waals surface area contributed by atoms with Crippen LogP contribution in [0.15, 0.2) is 0 Å². The van der Waals surface area contributed by atoms with Crippen molar-refractivity contribution < 1.29 is 14.2 Å². The van der Waals surface area contributed by atoms with Gasteiger partial charge in [-0.1, -0.05) is 6.92 Å². The average molecular weight is 230 g/mol. The molecule has 0 radical (unpaired) electrons. The Morgan fingerprint density at radius 2 is 1.75 bits per heavy atom. The van der Waals surface area contributed by atoms with Crippen molar-refractivity contribution in [3.05, 3.63) is 0 Å². The number of rotatable bonds is 8. The Labute approximate surface area is 99.5 Å². The van der Waals surface area contributed by atoms with Crippen LogP contribution in [0.2, 0.25) is 0 Å². The van der Waals surface area contributed by atoms with Crippen molar-refractivity contribution in [1.82, 2.24) is 0 Å². The first-order valence-electron chi connectivity index (χ1n) is 6.24. The van der Waals surface area contributed by atoms with Gasteiger partial charge in [0.15, 0.2) is 0 Å². The smallest absolute Gasteiger partial charge is 0.104 e. The lowest BCUT2D eigenvalue weighted by molar-refractivity contribution is -0.0755. The van der Waals surface area contributed by atoms with Crippen LogP contribution in [0.1, 0.15) is 47.5 Å². The molecule has 96 valence electrons. The van der Waals surface area contributed by atoms with Crippen molar-refractivity contribution in [2.45, 2.75) is 64.8 Å². The topological polar surface area (TPSA) is 31.0 Å². The van der Waals surface area contributed by atoms with E-state index in [-0.39, 0.29) is 11.2 Å². The quantitative estimate of drug-likeness (QED) is 0.601. The second kappa shape index (κ2) is 5.48. The highest BCUT2D eigenvalue weighted by atomic mass is 16.6. The summed E-state index contributed by atoms with van der Waals surface area (Å²) in [6.45, 7) is 12.9. The summed E-state index contributed by atoms with van der Waals surface area (Å²) in [5, 5.41) is 0. The molecule has 0 spiro atoms. The molecule has 1 rings (SSSR count). The van der Waals surface area contributed by atoms with E-state index in [4.69, 9.17) is 14.2 Å². The third-order valence-corrected chi connectivity index (χ3v) is 3.11. The second-order valence-electron chi connectivity index (χ2n) is 5.74. The van der Waals surface area contributed by atoms with Gasteiger partial charge in [0.2, 0.25) is 0 Å². The molecule has 1 atom stereocenters. The van der Waals surface area contributed by atoms with Gasteiger partial charge in [-0.3, -0.25) is 0 Å². The van der Waals surface area contributed by atoms with Crippen LogP contribution >= 0.6 is 0 Å². The fraction of sp³-hybridized carbons (Fsp3) is 1.00. The monoisotopic (exact) mass is 230 g/mol. The maximum absolute atomic E-state index is 5.83. The lowest BCUT2D eigenvalue weighted by Gasteiger charge is -2.29. The van der Waals surface area contributed by atoms with E-state index in [1.54, 1.807) is 0 Å². The highest BCUT2D eigenvalue weighted by molar-refractivity contribution is 4.74. The molecule has 0 bridgehead atoms. The van der Waals surface area contributed by atoms with Gasteiger partial charge in [-0.15, -0.1) is 0 Å². The predicted octanol–water partition coefficient (Wildman–Crippen LogP) is 2.78. The zero-order valence-corrected chi connectivity index (χ0v) is 11.3. The summed E-state index contributed by atoms with van der Waals surface area (Å²) in [5.41, 5.74) is -0.133. The van der Waals surface area contributed by atoms with Crippen molar-refractivity contribution in [2.24, 2.45) is 0 Å². The van der Waals surface area contributed by atoms with Gasteiger partial charge in [-0.25, -0.2) is 0 Å². The molecule has 1 heterocycles. The van der Waals surface area contributed by atoms with Gasteiger partial charge in [0.1, 0.15) is 6.10 Å². The third kappa shape index (κ3) is 5.83. The Kier molecular flexibility index (Phi) is 4.77. The van der Waals surface area contributed by atoms with Gasteiger partial charge >= 0.3 is 0 Å². The molecule has 0 saturated carbocycles. The van der Waals surface area contributed by atoms with E-state index in [1.807, 2.05) is 0 Å².